The zero-order valence-corrected chi connectivity index (χ0v) is 12.9. The molecule has 0 aliphatic heterocycles. The average molecular weight is 389 g/mol. The Labute approximate surface area is 125 Å². The summed E-state index contributed by atoms with van der Waals surface area (Å²) >= 11 is 7.90. The van der Waals surface area contributed by atoms with Crippen molar-refractivity contribution in [1.29, 1.82) is 0 Å². The molecule has 0 spiro atoms. The van der Waals surface area contributed by atoms with Crippen LogP contribution in [0.15, 0.2) is 55.4 Å². The Balaban J connectivity index is 2.34. The number of nitrogens with zero attached hydrogens (tertiary/aromatic N) is 1. The smallest absolute Gasteiger partial charge is 0.336 e. The fourth-order valence-electron chi connectivity index (χ4n) is 1.29. The van der Waals surface area contributed by atoms with E-state index in [-0.39, 0.29) is 5.56 Å². The Morgan fingerprint density at radius 3 is 2.50 bits per heavy atom. The number of carboxylic acids is 1. The third-order valence-electron chi connectivity index (χ3n) is 2.09. The second kappa shape index (κ2) is 5.86. The summed E-state index contributed by atoms with van der Waals surface area (Å²) in [6, 6.07) is 8.87. The molecule has 0 aliphatic rings. The number of carbonyl (C=O) groups is 1. The molecular formula is C12H7Br2NO2S. The SMILES string of the molecule is O=C(O)c1cc(Br)ccc1Sc1ccc(Br)cn1. The summed E-state index contributed by atoms with van der Waals surface area (Å²) < 4.78 is 1.63. The molecule has 1 aromatic carbocycles. The van der Waals surface area contributed by atoms with E-state index in [0.717, 1.165) is 14.0 Å². The lowest BCUT2D eigenvalue weighted by Gasteiger charge is -2.05. The molecule has 2 rings (SSSR count). The van der Waals surface area contributed by atoms with Crippen molar-refractivity contribution in [3.8, 4) is 0 Å². The van der Waals surface area contributed by atoms with Gasteiger partial charge in [0.05, 0.1) is 5.56 Å². The van der Waals surface area contributed by atoms with Crippen LogP contribution < -0.4 is 0 Å². The molecule has 18 heavy (non-hydrogen) atoms. The van der Waals surface area contributed by atoms with Crippen LogP contribution >= 0.6 is 43.6 Å². The van der Waals surface area contributed by atoms with Gasteiger partial charge in [0.25, 0.3) is 0 Å². The largest absolute Gasteiger partial charge is 0.478 e. The number of benzene rings is 1. The molecule has 6 heteroatoms. The van der Waals surface area contributed by atoms with Crippen molar-refractivity contribution in [2.75, 3.05) is 0 Å². The third kappa shape index (κ3) is 3.34. The number of pyridine rings is 1. The number of hydrogen-bond acceptors (Lipinski definition) is 3. The molecule has 0 unspecified atom stereocenters. The third-order valence-corrected chi connectivity index (χ3v) is 4.08. The molecule has 0 saturated heterocycles. The molecule has 0 fully saturated rings. The van der Waals surface area contributed by atoms with E-state index in [2.05, 4.69) is 36.8 Å². The van der Waals surface area contributed by atoms with Gasteiger partial charge in [0.1, 0.15) is 5.03 Å². The molecule has 0 saturated carbocycles. The van der Waals surface area contributed by atoms with Gasteiger partial charge in [-0.05, 0) is 46.3 Å². The van der Waals surface area contributed by atoms with Crippen LogP contribution in [0.1, 0.15) is 10.4 Å². The standard InChI is InChI=1S/C12H7Br2NO2S/c13-7-1-3-10(9(5-7)12(16)17)18-11-4-2-8(14)6-15-11/h1-6H,(H,16,17). The summed E-state index contributed by atoms with van der Waals surface area (Å²) in [5, 5.41) is 9.90. The van der Waals surface area contributed by atoms with Gasteiger partial charge in [-0.25, -0.2) is 9.78 Å². The second-order valence-corrected chi connectivity index (χ2v) is 6.26. The molecule has 92 valence electrons. The van der Waals surface area contributed by atoms with E-state index in [1.54, 1.807) is 18.3 Å². The van der Waals surface area contributed by atoms with Crippen molar-refractivity contribution in [1.82, 2.24) is 4.98 Å². The number of halogens is 2. The van der Waals surface area contributed by atoms with E-state index in [4.69, 9.17) is 5.11 Å². The van der Waals surface area contributed by atoms with Gasteiger partial charge >= 0.3 is 5.97 Å². The van der Waals surface area contributed by atoms with Gasteiger partial charge < -0.3 is 5.11 Å². The topological polar surface area (TPSA) is 50.2 Å². The quantitative estimate of drug-likeness (QED) is 0.843. The maximum absolute atomic E-state index is 11.2. The highest BCUT2D eigenvalue weighted by Gasteiger charge is 2.12. The summed E-state index contributed by atoms with van der Waals surface area (Å²) in [6.45, 7) is 0. The van der Waals surface area contributed by atoms with E-state index in [1.165, 1.54) is 11.8 Å². The van der Waals surface area contributed by atoms with Crippen molar-refractivity contribution in [2.24, 2.45) is 0 Å². The summed E-state index contributed by atoms with van der Waals surface area (Å²) in [6.07, 6.45) is 1.68. The Morgan fingerprint density at radius 2 is 1.89 bits per heavy atom. The maximum atomic E-state index is 11.2. The summed E-state index contributed by atoms with van der Waals surface area (Å²) in [7, 11) is 0. The molecule has 1 aromatic heterocycles. The first-order valence-electron chi connectivity index (χ1n) is 4.88. The molecule has 0 amide bonds. The highest BCUT2D eigenvalue weighted by molar-refractivity contribution is 9.10. The predicted molar refractivity (Wildman–Crippen MR) is 77.2 cm³/mol. The minimum Gasteiger partial charge on any atom is -0.478 e. The van der Waals surface area contributed by atoms with Crippen LogP contribution in [0.2, 0.25) is 0 Å². The first kappa shape index (κ1) is 13.6. The molecule has 0 atom stereocenters. The van der Waals surface area contributed by atoms with Gasteiger partial charge in [0.2, 0.25) is 0 Å². The summed E-state index contributed by atoms with van der Waals surface area (Å²) in [4.78, 5) is 16.0. The summed E-state index contributed by atoms with van der Waals surface area (Å²) in [5.74, 6) is -0.948. The fraction of sp³-hybridized carbons (Fsp3) is 0. The average Bonchev–Trinajstić information content (AvgIpc) is 2.34. The van der Waals surface area contributed by atoms with Crippen molar-refractivity contribution < 1.29 is 9.90 Å². The number of aromatic carboxylic acids is 1. The summed E-state index contributed by atoms with van der Waals surface area (Å²) in [5.41, 5.74) is 0.263. The van der Waals surface area contributed by atoms with E-state index in [1.807, 2.05) is 18.2 Å². The van der Waals surface area contributed by atoms with Gasteiger partial charge in [-0.15, -0.1) is 0 Å². The Bertz CT molecular complexity index is 587. The highest BCUT2D eigenvalue weighted by atomic mass is 79.9. The van der Waals surface area contributed by atoms with Crippen molar-refractivity contribution in [2.45, 2.75) is 9.92 Å². The highest BCUT2D eigenvalue weighted by Crippen LogP contribution is 2.31. The molecule has 1 N–H and O–H groups in total. The maximum Gasteiger partial charge on any atom is 0.336 e. The molecule has 0 bridgehead atoms. The number of rotatable bonds is 3. The van der Waals surface area contributed by atoms with Gasteiger partial charge in [0.15, 0.2) is 0 Å². The fourth-order valence-corrected chi connectivity index (χ4v) is 2.75. The van der Waals surface area contributed by atoms with Crippen LogP contribution in [0.5, 0.6) is 0 Å². The first-order valence-corrected chi connectivity index (χ1v) is 7.29. The molecule has 1 heterocycles. The molecule has 3 nitrogen and oxygen atoms in total. The van der Waals surface area contributed by atoms with Crippen LogP contribution in [0.3, 0.4) is 0 Å². The second-order valence-electron chi connectivity index (χ2n) is 3.36. The van der Waals surface area contributed by atoms with E-state index >= 15 is 0 Å². The van der Waals surface area contributed by atoms with E-state index in [9.17, 15) is 4.79 Å². The predicted octanol–water partition coefficient (Wildman–Crippen LogP) is 4.46. The van der Waals surface area contributed by atoms with E-state index in [0.29, 0.717) is 4.90 Å². The molecule has 0 radical (unpaired) electrons. The van der Waals surface area contributed by atoms with Crippen LogP contribution in [-0.2, 0) is 0 Å². The number of carboxylic acid groups (broad SMARTS) is 1. The molecular weight excluding hydrogens is 382 g/mol. The first-order chi connectivity index (χ1) is 8.56. The van der Waals surface area contributed by atoms with Crippen LogP contribution in [0.25, 0.3) is 0 Å². The van der Waals surface area contributed by atoms with Crippen LogP contribution in [-0.4, -0.2) is 16.1 Å². The normalized spacial score (nSPS) is 10.3. The minimum atomic E-state index is -0.948. The van der Waals surface area contributed by atoms with Gasteiger partial charge in [-0.3, -0.25) is 0 Å². The number of hydrogen-bond donors (Lipinski definition) is 1. The van der Waals surface area contributed by atoms with Gasteiger partial charge in [-0.1, -0.05) is 27.7 Å². The molecule has 0 aliphatic carbocycles. The lowest BCUT2D eigenvalue weighted by molar-refractivity contribution is 0.0693. The van der Waals surface area contributed by atoms with Crippen molar-refractivity contribution >= 4 is 49.6 Å². The lowest BCUT2D eigenvalue weighted by atomic mass is 10.2. The van der Waals surface area contributed by atoms with E-state index < -0.39 is 5.97 Å². The Hall–Kier alpha value is -0.850. The zero-order chi connectivity index (χ0) is 13.1. The Morgan fingerprint density at radius 1 is 1.17 bits per heavy atom. The minimum absolute atomic E-state index is 0.263. The van der Waals surface area contributed by atoms with Crippen molar-refractivity contribution in [3.63, 3.8) is 0 Å². The van der Waals surface area contributed by atoms with Gasteiger partial charge in [-0.2, -0.15) is 0 Å². The molecule has 2 aromatic rings. The van der Waals surface area contributed by atoms with Crippen LogP contribution in [0.4, 0.5) is 0 Å². The monoisotopic (exact) mass is 387 g/mol. The lowest BCUT2D eigenvalue weighted by Crippen LogP contribution is -1.98. The van der Waals surface area contributed by atoms with Crippen LogP contribution in [0, 0.1) is 0 Å². The van der Waals surface area contributed by atoms with Crippen molar-refractivity contribution in [3.05, 3.63) is 51.0 Å². The Kier molecular flexibility index (Phi) is 4.42. The zero-order valence-electron chi connectivity index (χ0n) is 8.93. The van der Waals surface area contributed by atoms with Gasteiger partial charge in [0, 0.05) is 20.0 Å². The number of aromatic nitrogens is 1.